The van der Waals surface area contributed by atoms with Crippen molar-refractivity contribution in [2.45, 2.75) is 19.4 Å². The third-order valence-corrected chi connectivity index (χ3v) is 1.02. The van der Waals surface area contributed by atoms with E-state index in [1.54, 1.807) is 6.20 Å². The van der Waals surface area contributed by atoms with Crippen LogP contribution in [0.2, 0.25) is 0 Å². The van der Waals surface area contributed by atoms with Gasteiger partial charge >= 0.3 is 0 Å². The molecule has 1 atom stereocenters. The lowest BCUT2D eigenvalue weighted by Crippen LogP contribution is -2.29. The van der Waals surface area contributed by atoms with Crippen LogP contribution in [-0.4, -0.2) is 24.0 Å². The predicted octanol–water partition coefficient (Wildman–Crippen LogP) is 0.0595. The molecular formula is C7H13NO2. The highest BCUT2D eigenvalue weighted by Crippen LogP contribution is 1.78. The zero-order valence-electron chi connectivity index (χ0n) is 6.08. The molecule has 2 N–H and O–H groups in total. The number of rotatable bonds is 5. The van der Waals surface area contributed by atoms with Crippen LogP contribution < -0.4 is 5.32 Å². The summed E-state index contributed by atoms with van der Waals surface area (Å²) >= 11 is 0. The van der Waals surface area contributed by atoms with Gasteiger partial charge in [-0.1, -0.05) is 13.0 Å². The van der Waals surface area contributed by atoms with E-state index >= 15 is 0 Å². The van der Waals surface area contributed by atoms with E-state index in [-0.39, 0.29) is 6.61 Å². The fourth-order valence-corrected chi connectivity index (χ4v) is 0.445. The quantitative estimate of drug-likeness (QED) is 0.535. The van der Waals surface area contributed by atoms with E-state index in [0.717, 1.165) is 6.42 Å². The lowest BCUT2D eigenvalue weighted by molar-refractivity contribution is -0.110. The van der Waals surface area contributed by atoms with Crippen molar-refractivity contribution in [3.63, 3.8) is 0 Å². The van der Waals surface area contributed by atoms with E-state index in [2.05, 4.69) is 5.32 Å². The molecule has 0 fully saturated rings. The maximum absolute atomic E-state index is 10.1. The topological polar surface area (TPSA) is 49.3 Å². The number of carbonyl (C=O) groups excluding carboxylic acids is 1. The SMILES string of the molecule is CC/C=C/N[C@H](C=O)CO. The average molecular weight is 143 g/mol. The van der Waals surface area contributed by atoms with Crippen molar-refractivity contribution in [3.05, 3.63) is 12.3 Å². The van der Waals surface area contributed by atoms with Crippen LogP contribution in [0.3, 0.4) is 0 Å². The van der Waals surface area contributed by atoms with Gasteiger partial charge in [-0.2, -0.15) is 0 Å². The summed E-state index contributed by atoms with van der Waals surface area (Å²) in [6.07, 6.45) is 5.16. The van der Waals surface area contributed by atoms with E-state index in [4.69, 9.17) is 5.11 Å². The van der Waals surface area contributed by atoms with Crippen LogP contribution in [0.5, 0.6) is 0 Å². The van der Waals surface area contributed by atoms with E-state index in [0.29, 0.717) is 6.29 Å². The minimum Gasteiger partial charge on any atom is -0.394 e. The second-order valence-corrected chi connectivity index (χ2v) is 1.90. The lowest BCUT2D eigenvalue weighted by atomic mass is 10.3. The number of nitrogens with one attached hydrogen (secondary N) is 1. The van der Waals surface area contributed by atoms with Crippen molar-refractivity contribution < 1.29 is 9.90 Å². The molecule has 0 aliphatic carbocycles. The van der Waals surface area contributed by atoms with Gasteiger partial charge in [0.25, 0.3) is 0 Å². The van der Waals surface area contributed by atoms with Gasteiger partial charge in [0.15, 0.2) is 0 Å². The van der Waals surface area contributed by atoms with Gasteiger partial charge in [-0.3, -0.25) is 0 Å². The normalized spacial score (nSPS) is 13.4. The van der Waals surface area contributed by atoms with Crippen LogP contribution in [0, 0.1) is 0 Å². The van der Waals surface area contributed by atoms with Crippen LogP contribution >= 0.6 is 0 Å². The Balaban J connectivity index is 3.43. The van der Waals surface area contributed by atoms with Gasteiger partial charge in [0.1, 0.15) is 12.3 Å². The third-order valence-electron chi connectivity index (χ3n) is 1.02. The summed E-state index contributed by atoms with van der Waals surface area (Å²) < 4.78 is 0. The Morgan fingerprint density at radius 3 is 2.80 bits per heavy atom. The summed E-state index contributed by atoms with van der Waals surface area (Å²) in [6.45, 7) is 1.84. The molecule has 0 saturated heterocycles. The summed E-state index contributed by atoms with van der Waals surface area (Å²) in [7, 11) is 0. The van der Waals surface area contributed by atoms with Crippen molar-refractivity contribution in [1.29, 1.82) is 0 Å². The molecule has 0 heterocycles. The number of carbonyl (C=O) groups is 1. The van der Waals surface area contributed by atoms with Crippen LogP contribution in [0.15, 0.2) is 12.3 Å². The fraction of sp³-hybridized carbons (Fsp3) is 0.571. The van der Waals surface area contributed by atoms with Gasteiger partial charge in [0.05, 0.1) is 6.61 Å². The average Bonchev–Trinajstić information content (AvgIpc) is 1.99. The standard InChI is InChI=1S/C7H13NO2/c1-2-3-4-8-7(5-9)6-10/h3-5,7-8,10H,2,6H2,1H3/b4-3+/t7-/m1/s1. The van der Waals surface area contributed by atoms with Gasteiger partial charge in [-0.25, -0.2) is 0 Å². The number of aldehydes is 1. The largest absolute Gasteiger partial charge is 0.394 e. The molecule has 0 rings (SSSR count). The number of aliphatic hydroxyl groups is 1. The Morgan fingerprint density at radius 1 is 1.70 bits per heavy atom. The highest BCUT2D eigenvalue weighted by molar-refractivity contribution is 5.57. The van der Waals surface area contributed by atoms with Crippen LogP contribution in [0.4, 0.5) is 0 Å². The van der Waals surface area contributed by atoms with Crippen LogP contribution in [0.25, 0.3) is 0 Å². The van der Waals surface area contributed by atoms with Crippen LogP contribution in [-0.2, 0) is 4.79 Å². The number of hydrogen-bond donors (Lipinski definition) is 2. The molecule has 0 aromatic heterocycles. The molecular weight excluding hydrogens is 130 g/mol. The zero-order chi connectivity index (χ0) is 7.82. The Kier molecular flexibility index (Phi) is 5.77. The molecule has 0 saturated carbocycles. The van der Waals surface area contributed by atoms with Crippen molar-refractivity contribution >= 4 is 6.29 Å². The highest BCUT2D eigenvalue weighted by Gasteiger charge is 1.98. The monoisotopic (exact) mass is 143 g/mol. The summed E-state index contributed by atoms with van der Waals surface area (Å²) in [5.41, 5.74) is 0. The van der Waals surface area contributed by atoms with E-state index in [9.17, 15) is 4.79 Å². The second-order valence-electron chi connectivity index (χ2n) is 1.90. The molecule has 0 amide bonds. The molecule has 3 heteroatoms. The van der Waals surface area contributed by atoms with Crippen molar-refractivity contribution in [3.8, 4) is 0 Å². The van der Waals surface area contributed by atoms with Crippen molar-refractivity contribution in [2.75, 3.05) is 6.61 Å². The summed E-state index contributed by atoms with van der Waals surface area (Å²) in [5.74, 6) is 0. The molecule has 0 aliphatic heterocycles. The maximum atomic E-state index is 10.1. The molecule has 0 unspecified atom stereocenters. The van der Waals surface area contributed by atoms with Gasteiger partial charge in [0.2, 0.25) is 0 Å². The Morgan fingerprint density at radius 2 is 2.40 bits per heavy atom. The first-order chi connectivity index (χ1) is 4.85. The molecule has 0 aromatic rings. The van der Waals surface area contributed by atoms with Gasteiger partial charge < -0.3 is 15.2 Å². The molecule has 0 aromatic carbocycles. The lowest BCUT2D eigenvalue weighted by Gasteiger charge is -2.04. The maximum Gasteiger partial charge on any atom is 0.144 e. The highest BCUT2D eigenvalue weighted by atomic mass is 16.3. The number of aliphatic hydroxyl groups excluding tert-OH is 1. The zero-order valence-corrected chi connectivity index (χ0v) is 6.08. The van der Waals surface area contributed by atoms with Crippen molar-refractivity contribution in [1.82, 2.24) is 5.32 Å². The van der Waals surface area contributed by atoms with Gasteiger partial charge in [-0.05, 0) is 12.6 Å². The first kappa shape index (κ1) is 9.17. The minimum atomic E-state index is -0.456. The van der Waals surface area contributed by atoms with Gasteiger partial charge in [-0.15, -0.1) is 0 Å². The summed E-state index contributed by atoms with van der Waals surface area (Å²) in [5, 5.41) is 11.2. The molecule has 0 radical (unpaired) electrons. The molecule has 10 heavy (non-hydrogen) atoms. The number of hydrogen-bond acceptors (Lipinski definition) is 3. The molecule has 3 nitrogen and oxygen atoms in total. The van der Waals surface area contributed by atoms with Crippen molar-refractivity contribution in [2.24, 2.45) is 0 Å². The Labute approximate surface area is 60.7 Å². The Bertz CT molecular complexity index is 112. The molecule has 0 aliphatic rings. The van der Waals surface area contributed by atoms with E-state index < -0.39 is 6.04 Å². The third kappa shape index (κ3) is 4.09. The van der Waals surface area contributed by atoms with Gasteiger partial charge in [0, 0.05) is 0 Å². The van der Waals surface area contributed by atoms with E-state index in [1.165, 1.54) is 0 Å². The number of allylic oxidation sites excluding steroid dienone is 1. The fourth-order valence-electron chi connectivity index (χ4n) is 0.445. The first-order valence-electron chi connectivity index (χ1n) is 3.32. The summed E-state index contributed by atoms with van der Waals surface area (Å²) in [4.78, 5) is 10.1. The predicted molar refractivity (Wildman–Crippen MR) is 39.5 cm³/mol. The first-order valence-corrected chi connectivity index (χ1v) is 3.32. The molecule has 0 bridgehead atoms. The summed E-state index contributed by atoms with van der Waals surface area (Å²) in [6, 6.07) is -0.456. The van der Waals surface area contributed by atoms with E-state index in [1.807, 2.05) is 13.0 Å². The minimum absolute atomic E-state index is 0.155. The van der Waals surface area contributed by atoms with Crippen LogP contribution in [0.1, 0.15) is 13.3 Å². The Hall–Kier alpha value is -0.830. The second kappa shape index (κ2) is 6.29. The molecule has 58 valence electrons. The molecule has 0 spiro atoms. The smallest absolute Gasteiger partial charge is 0.144 e.